The second-order valence-electron chi connectivity index (χ2n) is 4.90. The van der Waals surface area contributed by atoms with Crippen LogP contribution in [0.25, 0.3) is 10.4 Å². The Labute approximate surface area is 138 Å². The fourth-order valence-corrected chi connectivity index (χ4v) is 2.75. The fraction of sp³-hybridized carbons (Fsp3) is 0.385. The first-order valence-corrected chi connectivity index (χ1v) is 7.02. The van der Waals surface area contributed by atoms with Gasteiger partial charge in [-0.05, 0) is 35.6 Å². The SMILES string of the molecule is Cc1c(C(F)(C(F)(F)F)C(F)(F)C(F)(F)F)[c]ccc1-c1cnns1. The van der Waals surface area contributed by atoms with Crippen molar-refractivity contribution in [2.24, 2.45) is 0 Å². The molecule has 25 heavy (non-hydrogen) atoms. The summed E-state index contributed by atoms with van der Waals surface area (Å²) in [6.07, 6.45) is -12.3. The van der Waals surface area contributed by atoms with Gasteiger partial charge >= 0.3 is 23.9 Å². The Morgan fingerprint density at radius 2 is 1.56 bits per heavy atom. The maximum absolute atomic E-state index is 14.5. The Morgan fingerprint density at radius 1 is 0.960 bits per heavy atom. The average Bonchev–Trinajstić information content (AvgIpc) is 2.98. The van der Waals surface area contributed by atoms with Gasteiger partial charge in [-0.2, -0.15) is 35.1 Å². The third kappa shape index (κ3) is 2.85. The van der Waals surface area contributed by atoms with Crippen LogP contribution in [0, 0.1) is 13.0 Å². The molecule has 1 heterocycles. The van der Waals surface area contributed by atoms with Gasteiger partial charge in [-0.1, -0.05) is 16.6 Å². The van der Waals surface area contributed by atoms with E-state index in [9.17, 15) is 39.5 Å². The molecule has 0 aliphatic heterocycles. The van der Waals surface area contributed by atoms with Crippen LogP contribution in [-0.2, 0) is 5.67 Å². The number of hydrogen-bond acceptors (Lipinski definition) is 3. The third-order valence-corrected chi connectivity index (χ3v) is 4.11. The number of nitrogens with zero attached hydrogens (tertiary/aromatic N) is 2. The van der Waals surface area contributed by atoms with E-state index >= 15 is 0 Å². The van der Waals surface area contributed by atoms with Crippen LogP contribution in [0.2, 0.25) is 0 Å². The van der Waals surface area contributed by atoms with Gasteiger partial charge in [0.05, 0.1) is 11.1 Å². The van der Waals surface area contributed by atoms with Crippen LogP contribution in [0.3, 0.4) is 0 Å². The molecule has 0 N–H and O–H groups in total. The largest absolute Gasteiger partial charge is 0.457 e. The van der Waals surface area contributed by atoms with E-state index in [1.807, 2.05) is 0 Å². The Hall–Kier alpha value is -1.85. The van der Waals surface area contributed by atoms with Crippen molar-refractivity contribution in [3.8, 4) is 10.4 Å². The van der Waals surface area contributed by atoms with Crippen LogP contribution in [-0.4, -0.2) is 27.9 Å². The quantitative estimate of drug-likeness (QED) is 0.667. The molecule has 0 aliphatic rings. The van der Waals surface area contributed by atoms with Crippen LogP contribution in [0.5, 0.6) is 0 Å². The van der Waals surface area contributed by atoms with Gasteiger partial charge in [-0.15, -0.1) is 5.10 Å². The predicted molar refractivity (Wildman–Crippen MR) is 68.8 cm³/mol. The summed E-state index contributed by atoms with van der Waals surface area (Å²) in [6.45, 7) is 0.785. The number of hydrogen-bond donors (Lipinski definition) is 0. The number of alkyl halides is 9. The van der Waals surface area contributed by atoms with Gasteiger partial charge < -0.3 is 0 Å². The topological polar surface area (TPSA) is 25.8 Å². The zero-order chi connectivity index (χ0) is 19.3. The highest BCUT2D eigenvalue weighted by molar-refractivity contribution is 7.09. The lowest BCUT2D eigenvalue weighted by Gasteiger charge is -2.37. The Bertz CT molecular complexity index is 752. The molecule has 0 amide bonds. The molecule has 2 aromatic rings. The maximum atomic E-state index is 14.5. The summed E-state index contributed by atoms with van der Waals surface area (Å²) < 4.78 is 122. The number of benzene rings is 1. The third-order valence-electron chi connectivity index (χ3n) is 3.41. The van der Waals surface area contributed by atoms with Crippen LogP contribution in [0.4, 0.5) is 39.5 Å². The normalized spacial score (nSPS) is 15.9. The molecule has 2 nitrogen and oxygen atoms in total. The van der Waals surface area contributed by atoms with E-state index < -0.39 is 35.1 Å². The molecule has 1 aromatic carbocycles. The van der Waals surface area contributed by atoms with Gasteiger partial charge in [0.25, 0.3) is 0 Å². The molecule has 137 valence electrons. The van der Waals surface area contributed by atoms with E-state index in [1.165, 1.54) is 0 Å². The molecule has 0 bridgehead atoms. The molecule has 0 aliphatic carbocycles. The Balaban J connectivity index is 2.80. The van der Waals surface area contributed by atoms with Crippen molar-refractivity contribution in [3.63, 3.8) is 0 Å². The fourth-order valence-electron chi connectivity index (χ4n) is 2.16. The summed E-state index contributed by atoms with van der Waals surface area (Å²) in [4.78, 5) is 0.0626. The van der Waals surface area contributed by atoms with E-state index in [-0.39, 0.29) is 10.4 Å². The molecule has 0 spiro atoms. The molecule has 0 fully saturated rings. The Morgan fingerprint density at radius 3 is 2.00 bits per heavy atom. The van der Waals surface area contributed by atoms with Crippen LogP contribution < -0.4 is 0 Å². The van der Waals surface area contributed by atoms with Crippen molar-refractivity contribution in [1.29, 1.82) is 0 Å². The highest BCUT2D eigenvalue weighted by atomic mass is 32.1. The zero-order valence-electron chi connectivity index (χ0n) is 11.9. The van der Waals surface area contributed by atoms with E-state index in [1.54, 1.807) is 6.07 Å². The smallest absolute Gasteiger partial charge is 0.221 e. The van der Waals surface area contributed by atoms with E-state index in [0.29, 0.717) is 17.6 Å². The lowest BCUT2D eigenvalue weighted by molar-refractivity contribution is -0.389. The lowest BCUT2D eigenvalue weighted by Crippen LogP contribution is -2.60. The highest BCUT2D eigenvalue weighted by Crippen LogP contribution is 2.59. The average molecular weight is 393 g/mol. The first-order chi connectivity index (χ1) is 11.2. The molecule has 1 aromatic heterocycles. The van der Waals surface area contributed by atoms with Crippen molar-refractivity contribution in [1.82, 2.24) is 9.59 Å². The molecule has 12 heteroatoms. The summed E-state index contributed by atoms with van der Waals surface area (Å²) in [5, 5.41) is 3.38. The molecule has 1 atom stereocenters. The van der Waals surface area contributed by atoms with Crippen molar-refractivity contribution >= 4 is 11.5 Å². The van der Waals surface area contributed by atoms with Gasteiger partial charge in [0, 0.05) is 5.56 Å². The van der Waals surface area contributed by atoms with Crippen molar-refractivity contribution in [2.75, 3.05) is 0 Å². The van der Waals surface area contributed by atoms with Crippen LogP contribution in [0.15, 0.2) is 18.3 Å². The number of rotatable bonds is 3. The second-order valence-corrected chi connectivity index (χ2v) is 5.69. The van der Waals surface area contributed by atoms with Crippen molar-refractivity contribution in [2.45, 2.75) is 30.9 Å². The standard InChI is InChI=1S/C13H6F9N2S/c1-6-7(9-5-23-24-25-9)3-2-4-8(6)10(14,12(17,18)19)11(15,16)13(20,21)22/h2-3,5H,1H3. The summed E-state index contributed by atoms with van der Waals surface area (Å²) >= 11 is 0.642. The summed E-state index contributed by atoms with van der Waals surface area (Å²) in [7, 11) is 0. The minimum atomic E-state index is -6.78. The maximum Gasteiger partial charge on any atom is 0.457 e. The summed E-state index contributed by atoms with van der Waals surface area (Å²) in [5.74, 6) is -6.73. The molecule has 1 radical (unpaired) electrons. The van der Waals surface area contributed by atoms with Gasteiger partial charge in [0.1, 0.15) is 0 Å². The minimum Gasteiger partial charge on any atom is -0.221 e. The summed E-state index contributed by atoms with van der Waals surface area (Å²) in [6, 6.07) is 3.26. The molecule has 0 saturated heterocycles. The van der Waals surface area contributed by atoms with Crippen molar-refractivity contribution < 1.29 is 39.5 Å². The van der Waals surface area contributed by atoms with E-state index in [4.69, 9.17) is 0 Å². The second kappa shape index (κ2) is 5.85. The minimum absolute atomic E-state index is 0.0626. The first-order valence-electron chi connectivity index (χ1n) is 6.25. The van der Waals surface area contributed by atoms with Gasteiger partial charge in [0.15, 0.2) is 0 Å². The molecule has 2 rings (SSSR count). The van der Waals surface area contributed by atoms with Crippen LogP contribution in [0.1, 0.15) is 11.1 Å². The molecular weight excluding hydrogens is 387 g/mol. The predicted octanol–water partition coefficient (Wildman–Crippen LogP) is 5.24. The monoisotopic (exact) mass is 393 g/mol. The number of halogens is 9. The van der Waals surface area contributed by atoms with E-state index in [2.05, 4.69) is 9.59 Å². The first kappa shape index (κ1) is 19.5. The highest BCUT2D eigenvalue weighted by Gasteiger charge is 2.82. The summed E-state index contributed by atoms with van der Waals surface area (Å²) in [5.41, 5.74) is -8.96. The molecular formula is C13H6F9N2S. The van der Waals surface area contributed by atoms with Crippen LogP contribution >= 0.6 is 11.5 Å². The van der Waals surface area contributed by atoms with Gasteiger partial charge in [-0.25, -0.2) is 4.39 Å². The lowest BCUT2D eigenvalue weighted by atomic mass is 9.83. The number of aromatic nitrogens is 2. The zero-order valence-corrected chi connectivity index (χ0v) is 12.8. The van der Waals surface area contributed by atoms with E-state index in [0.717, 1.165) is 19.2 Å². The molecule has 0 saturated carbocycles. The Kier molecular flexibility index (Phi) is 4.56. The van der Waals surface area contributed by atoms with Crippen molar-refractivity contribution in [3.05, 3.63) is 35.5 Å². The van der Waals surface area contributed by atoms with Gasteiger partial charge in [0.2, 0.25) is 0 Å². The van der Waals surface area contributed by atoms with Gasteiger partial charge in [-0.3, -0.25) is 0 Å². The molecule has 1 unspecified atom stereocenters.